The second-order valence-electron chi connectivity index (χ2n) is 6.07. The van der Waals surface area contributed by atoms with Crippen LogP contribution >= 0.6 is 0 Å². The molecule has 0 heterocycles. The molecule has 0 amide bonds. The van der Waals surface area contributed by atoms with Crippen molar-refractivity contribution < 1.29 is 19.1 Å². The van der Waals surface area contributed by atoms with E-state index in [0.29, 0.717) is 5.75 Å². The van der Waals surface area contributed by atoms with Gasteiger partial charge in [-0.3, -0.25) is 9.59 Å². The SMILES string of the molecule is COC(=O)Cc1ccc(OC(=O)C(c2ccccc2)c2ccccc2)cc1. The lowest BCUT2D eigenvalue weighted by atomic mass is 9.91. The van der Waals surface area contributed by atoms with Crippen LogP contribution in [0, 0.1) is 0 Å². The highest BCUT2D eigenvalue weighted by molar-refractivity contribution is 5.84. The summed E-state index contributed by atoms with van der Waals surface area (Å²) in [6, 6.07) is 26.0. The van der Waals surface area contributed by atoms with Crippen molar-refractivity contribution in [3.05, 3.63) is 102 Å². The maximum absolute atomic E-state index is 12.9. The largest absolute Gasteiger partial charge is 0.469 e. The van der Waals surface area contributed by atoms with Crippen LogP contribution in [0.4, 0.5) is 0 Å². The second-order valence-corrected chi connectivity index (χ2v) is 6.07. The summed E-state index contributed by atoms with van der Waals surface area (Å²) in [5.74, 6) is -0.742. The fraction of sp³-hybridized carbons (Fsp3) is 0.130. The molecule has 0 bridgehead atoms. The number of carbonyl (C=O) groups excluding carboxylic acids is 2. The van der Waals surface area contributed by atoms with Gasteiger partial charge in [0.15, 0.2) is 0 Å². The molecule has 0 radical (unpaired) electrons. The minimum atomic E-state index is -0.512. The molecule has 0 saturated heterocycles. The predicted octanol–water partition coefficient (Wildman–Crippen LogP) is 4.14. The van der Waals surface area contributed by atoms with Crippen molar-refractivity contribution in [3.63, 3.8) is 0 Å². The van der Waals surface area contributed by atoms with Gasteiger partial charge in [0.2, 0.25) is 0 Å². The van der Waals surface area contributed by atoms with Crippen LogP contribution in [0.1, 0.15) is 22.6 Å². The molecular weight excluding hydrogens is 340 g/mol. The van der Waals surface area contributed by atoms with Gasteiger partial charge in [-0.2, -0.15) is 0 Å². The Morgan fingerprint density at radius 3 is 1.78 bits per heavy atom. The van der Waals surface area contributed by atoms with E-state index < -0.39 is 5.92 Å². The van der Waals surface area contributed by atoms with Crippen LogP contribution in [-0.4, -0.2) is 19.0 Å². The Kier molecular flexibility index (Phi) is 6.00. The summed E-state index contributed by atoms with van der Waals surface area (Å²) in [4.78, 5) is 24.3. The molecule has 27 heavy (non-hydrogen) atoms. The first-order valence-corrected chi connectivity index (χ1v) is 8.64. The quantitative estimate of drug-likeness (QED) is 0.490. The molecule has 0 spiro atoms. The molecule has 3 aromatic rings. The second kappa shape index (κ2) is 8.81. The van der Waals surface area contributed by atoms with Crippen LogP contribution in [0.25, 0.3) is 0 Å². The van der Waals surface area contributed by atoms with Crippen LogP contribution in [0.15, 0.2) is 84.9 Å². The lowest BCUT2D eigenvalue weighted by Crippen LogP contribution is -2.20. The van der Waals surface area contributed by atoms with Gasteiger partial charge in [0.1, 0.15) is 11.7 Å². The van der Waals surface area contributed by atoms with E-state index in [1.807, 2.05) is 60.7 Å². The number of ether oxygens (including phenoxy) is 2. The van der Waals surface area contributed by atoms with Crippen molar-refractivity contribution in [1.29, 1.82) is 0 Å². The minimum Gasteiger partial charge on any atom is -0.469 e. The Balaban J connectivity index is 1.80. The van der Waals surface area contributed by atoms with Crippen LogP contribution in [0.3, 0.4) is 0 Å². The Morgan fingerprint density at radius 2 is 1.30 bits per heavy atom. The third-order valence-electron chi connectivity index (χ3n) is 4.22. The normalized spacial score (nSPS) is 10.4. The Hall–Kier alpha value is -3.40. The number of benzene rings is 3. The first kappa shape index (κ1) is 18.4. The lowest BCUT2D eigenvalue weighted by molar-refractivity contribution is -0.140. The highest BCUT2D eigenvalue weighted by Crippen LogP contribution is 2.27. The molecule has 3 rings (SSSR count). The van der Waals surface area contributed by atoms with E-state index in [1.165, 1.54) is 7.11 Å². The molecule has 0 N–H and O–H groups in total. The van der Waals surface area contributed by atoms with E-state index in [4.69, 9.17) is 4.74 Å². The van der Waals surface area contributed by atoms with E-state index in [2.05, 4.69) is 4.74 Å². The Morgan fingerprint density at radius 1 is 0.778 bits per heavy atom. The summed E-state index contributed by atoms with van der Waals surface area (Å²) >= 11 is 0. The van der Waals surface area contributed by atoms with Crippen LogP contribution in [-0.2, 0) is 20.7 Å². The van der Waals surface area contributed by atoms with Crippen molar-refractivity contribution in [2.75, 3.05) is 7.11 Å². The fourth-order valence-corrected chi connectivity index (χ4v) is 2.84. The first-order chi connectivity index (χ1) is 13.2. The standard InChI is InChI=1S/C23H20O4/c1-26-21(24)16-17-12-14-20(15-13-17)27-23(25)22(18-8-4-2-5-9-18)19-10-6-3-7-11-19/h2-15,22H,16H2,1H3. The summed E-state index contributed by atoms with van der Waals surface area (Å²) < 4.78 is 10.3. The van der Waals surface area contributed by atoms with Gasteiger partial charge in [-0.1, -0.05) is 72.8 Å². The van der Waals surface area contributed by atoms with E-state index in [-0.39, 0.29) is 18.4 Å². The summed E-state index contributed by atoms with van der Waals surface area (Å²) in [5, 5.41) is 0. The number of methoxy groups -OCH3 is 1. The molecule has 0 unspecified atom stereocenters. The molecule has 4 nitrogen and oxygen atoms in total. The summed E-state index contributed by atoms with van der Waals surface area (Å²) in [5.41, 5.74) is 2.54. The van der Waals surface area contributed by atoms with Crippen LogP contribution in [0.2, 0.25) is 0 Å². The van der Waals surface area contributed by atoms with Gasteiger partial charge in [0, 0.05) is 0 Å². The van der Waals surface area contributed by atoms with Crippen molar-refractivity contribution in [3.8, 4) is 5.75 Å². The van der Waals surface area contributed by atoms with E-state index in [0.717, 1.165) is 16.7 Å². The third kappa shape index (κ3) is 4.82. The van der Waals surface area contributed by atoms with Crippen LogP contribution in [0.5, 0.6) is 5.75 Å². The summed E-state index contributed by atoms with van der Waals surface area (Å²) in [6.45, 7) is 0. The lowest BCUT2D eigenvalue weighted by Gasteiger charge is -2.17. The zero-order valence-electron chi connectivity index (χ0n) is 15.0. The van der Waals surface area contributed by atoms with Crippen molar-refractivity contribution in [2.24, 2.45) is 0 Å². The Bertz CT molecular complexity index is 847. The highest BCUT2D eigenvalue weighted by atomic mass is 16.5. The van der Waals surface area contributed by atoms with Gasteiger partial charge >= 0.3 is 11.9 Å². The summed E-state index contributed by atoms with van der Waals surface area (Å²) in [6.07, 6.45) is 0.182. The van der Waals surface area contributed by atoms with Gasteiger partial charge in [-0.05, 0) is 28.8 Å². The maximum Gasteiger partial charge on any atom is 0.323 e. The molecule has 4 heteroatoms. The smallest absolute Gasteiger partial charge is 0.323 e. The average Bonchev–Trinajstić information content (AvgIpc) is 2.71. The molecule has 136 valence electrons. The zero-order valence-corrected chi connectivity index (χ0v) is 15.0. The van der Waals surface area contributed by atoms with E-state index in [9.17, 15) is 9.59 Å². The fourth-order valence-electron chi connectivity index (χ4n) is 2.84. The van der Waals surface area contributed by atoms with Crippen LogP contribution < -0.4 is 4.74 Å². The van der Waals surface area contributed by atoms with Gasteiger partial charge in [-0.25, -0.2) is 0 Å². The number of carbonyl (C=O) groups is 2. The van der Waals surface area contributed by atoms with Crippen molar-refractivity contribution >= 4 is 11.9 Å². The molecule has 0 fully saturated rings. The molecule has 3 aromatic carbocycles. The van der Waals surface area contributed by atoms with E-state index >= 15 is 0 Å². The number of rotatable bonds is 6. The molecule has 0 aliphatic rings. The average molecular weight is 360 g/mol. The zero-order chi connectivity index (χ0) is 19.1. The van der Waals surface area contributed by atoms with E-state index in [1.54, 1.807) is 24.3 Å². The maximum atomic E-state index is 12.9. The van der Waals surface area contributed by atoms with Crippen molar-refractivity contribution in [1.82, 2.24) is 0 Å². The van der Waals surface area contributed by atoms with Gasteiger partial charge < -0.3 is 9.47 Å². The molecular formula is C23H20O4. The molecule has 0 atom stereocenters. The topological polar surface area (TPSA) is 52.6 Å². The molecule has 0 saturated carbocycles. The van der Waals surface area contributed by atoms with Crippen molar-refractivity contribution in [2.45, 2.75) is 12.3 Å². The number of esters is 2. The molecule has 0 aliphatic carbocycles. The number of hydrogen-bond acceptors (Lipinski definition) is 4. The monoisotopic (exact) mass is 360 g/mol. The highest BCUT2D eigenvalue weighted by Gasteiger charge is 2.24. The molecule has 0 aromatic heterocycles. The summed E-state index contributed by atoms with van der Waals surface area (Å²) in [7, 11) is 1.35. The van der Waals surface area contributed by atoms with Gasteiger partial charge in [0.05, 0.1) is 13.5 Å². The minimum absolute atomic E-state index is 0.182. The third-order valence-corrected chi connectivity index (χ3v) is 4.22. The number of hydrogen-bond donors (Lipinski definition) is 0. The molecule has 0 aliphatic heterocycles. The first-order valence-electron chi connectivity index (χ1n) is 8.64. The van der Waals surface area contributed by atoms with Gasteiger partial charge in [-0.15, -0.1) is 0 Å². The predicted molar refractivity (Wildman–Crippen MR) is 103 cm³/mol. The Labute approximate surface area is 158 Å². The van der Waals surface area contributed by atoms with Gasteiger partial charge in [0.25, 0.3) is 0 Å².